The molecule has 0 spiro atoms. The molecule has 0 radical (unpaired) electrons. The minimum absolute atomic E-state index is 0.181. The van der Waals surface area contributed by atoms with Crippen molar-refractivity contribution in [2.45, 2.75) is 26.0 Å². The zero-order valence-corrected chi connectivity index (χ0v) is 7.07. The largest absolute Gasteiger partial charge is 0.478 e. The van der Waals surface area contributed by atoms with E-state index in [0.29, 0.717) is 6.42 Å². The molecule has 0 fully saturated rings. The summed E-state index contributed by atoms with van der Waals surface area (Å²) in [7, 11) is 0. The van der Waals surface area contributed by atoms with Crippen LogP contribution in [0.1, 0.15) is 20.3 Å². The standard InChI is InChI=1S/C7H13NO4/c1-3-5(2)7(12,6(10)11)8-4-9/h4-5,12H,3H2,1-2H3,(H,8,9)(H,10,11)/t5-,7+/m0/s1. The van der Waals surface area contributed by atoms with Crippen molar-refractivity contribution in [1.29, 1.82) is 0 Å². The second kappa shape index (κ2) is 4.06. The molecule has 0 aliphatic carbocycles. The minimum atomic E-state index is -2.14. The first-order valence-corrected chi connectivity index (χ1v) is 3.66. The molecule has 70 valence electrons. The lowest BCUT2D eigenvalue weighted by atomic mass is 9.95. The van der Waals surface area contributed by atoms with Gasteiger partial charge in [0.15, 0.2) is 0 Å². The van der Waals surface area contributed by atoms with E-state index in [1.165, 1.54) is 0 Å². The summed E-state index contributed by atoms with van der Waals surface area (Å²) in [5.74, 6) is -1.97. The number of hydrogen-bond donors (Lipinski definition) is 3. The van der Waals surface area contributed by atoms with Crippen LogP contribution in [0, 0.1) is 5.92 Å². The van der Waals surface area contributed by atoms with Gasteiger partial charge < -0.3 is 15.5 Å². The molecule has 2 atom stereocenters. The van der Waals surface area contributed by atoms with Gasteiger partial charge in [-0.3, -0.25) is 4.79 Å². The molecule has 3 N–H and O–H groups in total. The average Bonchev–Trinajstić information content (AvgIpc) is 2.03. The molecule has 0 saturated heterocycles. The third-order valence-electron chi connectivity index (χ3n) is 1.93. The van der Waals surface area contributed by atoms with Crippen LogP contribution in [0.2, 0.25) is 0 Å². The predicted octanol–water partition coefficient (Wildman–Crippen LogP) is -0.448. The summed E-state index contributed by atoms with van der Waals surface area (Å²) < 4.78 is 0. The Labute approximate surface area is 70.4 Å². The number of amides is 1. The lowest BCUT2D eigenvalue weighted by Crippen LogP contribution is -2.56. The first kappa shape index (κ1) is 10.9. The van der Waals surface area contributed by atoms with Gasteiger partial charge in [0.25, 0.3) is 0 Å². The van der Waals surface area contributed by atoms with Gasteiger partial charge in [-0.15, -0.1) is 0 Å². The van der Waals surface area contributed by atoms with Crippen molar-refractivity contribution in [3.63, 3.8) is 0 Å². The van der Waals surface area contributed by atoms with Gasteiger partial charge in [-0.2, -0.15) is 0 Å². The van der Waals surface area contributed by atoms with Gasteiger partial charge in [0.05, 0.1) is 0 Å². The summed E-state index contributed by atoms with van der Waals surface area (Å²) in [5, 5.41) is 19.9. The maximum absolute atomic E-state index is 10.5. The van der Waals surface area contributed by atoms with E-state index in [1.807, 2.05) is 5.32 Å². The highest BCUT2D eigenvalue weighted by atomic mass is 16.4. The summed E-state index contributed by atoms with van der Waals surface area (Å²) in [6, 6.07) is 0. The van der Waals surface area contributed by atoms with Crippen LogP contribution in [-0.2, 0) is 9.59 Å². The molecule has 5 heteroatoms. The Morgan fingerprint density at radius 3 is 2.50 bits per heavy atom. The molecule has 0 saturated carbocycles. The number of hydrogen-bond acceptors (Lipinski definition) is 3. The van der Waals surface area contributed by atoms with Gasteiger partial charge in [-0.25, -0.2) is 4.79 Å². The second-order valence-corrected chi connectivity index (χ2v) is 2.64. The molecule has 0 unspecified atom stereocenters. The molecule has 0 bridgehead atoms. The quantitative estimate of drug-likeness (QED) is 0.390. The van der Waals surface area contributed by atoms with Crippen LogP contribution in [0.25, 0.3) is 0 Å². The van der Waals surface area contributed by atoms with Crippen molar-refractivity contribution in [2.24, 2.45) is 5.92 Å². The third kappa shape index (κ3) is 1.94. The number of carboxylic acids is 1. The van der Waals surface area contributed by atoms with Gasteiger partial charge in [0.2, 0.25) is 12.1 Å². The number of aliphatic hydroxyl groups is 1. The van der Waals surface area contributed by atoms with Crippen molar-refractivity contribution >= 4 is 12.4 Å². The number of carbonyl (C=O) groups is 2. The molecule has 0 aromatic carbocycles. The van der Waals surface area contributed by atoms with E-state index in [9.17, 15) is 14.7 Å². The molecule has 0 aromatic rings. The van der Waals surface area contributed by atoms with Crippen molar-refractivity contribution < 1.29 is 19.8 Å². The molecule has 0 aliphatic rings. The average molecular weight is 175 g/mol. The molecule has 1 amide bonds. The summed E-state index contributed by atoms with van der Waals surface area (Å²) >= 11 is 0. The van der Waals surface area contributed by atoms with E-state index in [1.54, 1.807) is 13.8 Å². The molecular weight excluding hydrogens is 162 g/mol. The van der Waals surface area contributed by atoms with Crippen molar-refractivity contribution in [3.8, 4) is 0 Å². The summed E-state index contributed by atoms with van der Waals surface area (Å²) in [5.41, 5.74) is -2.14. The monoisotopic (exact) mass is 175 g/mol. The number of carbonyl (C=O) groups excluding carboxylic acids is 1. The van der Waals surface area contributed by atoms with Crippen LogP contribution in [0.5, 0.6) is 0 Å². The predicted molar refractivity (Wildman–Crippen MR) is 41.2 cm³/mol. The Kier molecular flexibility index (Phi) is 3.69. The smallest absolute Gasteiger partial charge is 0.357 e. The van der Waals surface area contributed by atoms with Crippen LogP contribution in [0.3, 0.4) is 0 Å². The lowest BCUT2D eigenvalue weighted by Gasteiger charge is -2.27. The zero-order chi connectivity index (χ0) is 9.78. The van der Waals surface area contributed by atoms with Crippen LogP contribution in [0.15, 0.2) is 0 Å². The number of carboxylic acid groups (broad SMARTS) is 1. The van der Waals surface area contributed by atoms with E-state index in [0.717, 1.165) is 0 Å². The van der Waals surface area contributed by atoms with Crippen LogP contribution >= 0.6 is 0 Å². The maximum atomic E-state index is 10.5. The van der Waals surface area contributed by atoms with Gasteiger partial charge in [-0.05, 0) is 6.42 Å². The van der Waals surface area contributed by atoms with E-state index >= 15 is 0 Å². The van der Waals surface area contributed by atoms with Crippen LogP contribution in [-0.4, -0.2) is 28.3 Å². The van der Waals surface area contributed by atoms with Crippen LogP contribution in [0.4, 0.5) is 0 Å². The number of aliphatic carboxylic acids is 1. The van der Waals surface area contributed by atoms with Crippen molar-refractivity contribution in [3.05, 3.63) is 0 Å². The Morgan fingerprint density at radius 2 is 2.25 bits per heavy atom. The van der Waals surface area contributed by atoms with Gasteiger partial charge in [0.1, 0.15) is 0 Å². The maximum Gasteiger partial charge on any atom is 0.357 e. The second-order valence-electron chi connectivity index (χ2n) is 2.64. The Hall–Kier alpha value is -1.10. The topological polar surface area (TPSA) is 86.6 Å². The van der Waals surface area contributed by atoms with Crippen LogP contribution < -0.4 is 5.32 Å². The van der Waals surface area contributed by atoms with E-state index in [2.05, 4.69) is 0 Å². The molecule has 12 heavy (non-hydrogen) atoms. The minimum Gasteiger partial charge on any atom is -0.478 e. The first-order valence-electron chi connectivity index (χ1n) is 3.66. The number of nitrogens with one attached hydrogen (secondary N) is 1. The third-order valence-corrected chi connectivity index (χ3v) is 1.93. The fourth-order valence-electron chi connectivity index (χ4n) is 0.800. The van der Waals surface area contributed by atoms with E-state index < -0.39 is 17.6 Å². The van der Waals surface area contributed by atoms with Gasteiger partial charge in [-0.1, -0.05) is 13.8 Å². The fourth-order valence-corrected chi connectivity index (χ4v) is 0.800. The Morgan fingerprint density at radius 1 is 1.75 bits per heavy atom. The number of rotatable bonds is 5. The van der Waals surface area contributed by atoms with E-state index in [-0.39, 0.29) is 6.41 Å². The van der Waals surface area contributed by atoms with Crippen molar-refractivity contribution in [2.75, 3.05) is 0 Å². The highest BCUT2D eigenvalue weighted by molar-refractivity contribution is 5.79. The first-order chi connectivity index (χ1) is 5.49. The molecule has 0 rings (SSSR count). The highest BCUT2D eigenvalue weighted by Crippen LogP contribution is 2.17. The molecular formula is C7H13NO4. The summed E-state index contributed by atoms with van der Waals surface area (Å²) in [6.07, 6.45) is 0.643. The summed E-state index contributed by atoms with van der Waals surface area (Å²) in [6.45, 7) is 3.27. The highest BCUT2D eigenvalue weighted by Gasteiger charge is 2.40. The fraction of sp³-hybridized carbons (Fsp3) is 0.714. The molecule has 0 aliphatic heterocycles. The Bertz CT molecular complexity index is 182. The normalized spacial score (nSPS) is 17.6. The Balaban J connectivity index is 4.59. The SMILES string of the molecule is CC[C@H](C)[C@](O)(NC=O)C(=O)O. The lowest BCUT2D eigenvalue weighted by molar-refractivity contribution is -0.170. The van der Waals surface area contributed by atoms with Gasteiger partial charge >= 0.3 is 5.97 Å². The zero-order valence-electron chi connectivity index (χ0n) is 7.07. The van der Waals surface area contributed by atoms with E-state index in [4.69, 9.17) is 5.11 Å². The van der Waals surface area contributed by atoms with Gasteiger partial charge in [0, 0.05) is 5.92 Å². The molecule has 0 heterocycles. The summed E-state index contributed by atoms with van der Waals surface area (Å²) in [4.78, 5) is 20.6. The molecule has 5 nitrogen and oxygen atoms in total. The van der Waals surface area contributed by atoms with Crippen molar-refractivity contribution in [1.82, 2.24) is 5.32 Å². The molecule has 0 aromatic heterocycles.